The minimum Gasteiger partial charge on any atom is -0.338 e. The number of hydrogen-bond acceptors (Lipinski definition) is 4. The van der Waals surface area contributed by atoms with Crippen molar-refractivity contribution in [2.24, 2.45) is 0 Å². The lowest BCUT2D eigenvalue weighted by Crippen LogP contribution is -2.41. The maximum atomic E-state index is 11.6. The molecule has 1 amide bonds. The van der Waals surface area contributed by atoms with Crippen LogP contribution in [-0.4, -0.2) is 57.4 Å². The van der Waals surface area contributed by atoms with E-state index in [0.717, 1.165) is 12.8 Å². The molecular weight excluding hydrogens is 252 g/mol. The van der Waals surface area contributed by atoms with Gasteiger partial charge in [-0.2, -0.15) is 0 Å². The first kappa shape index (κ1) is 15.7. The quantitative estimate of drug-likeness (QED) is 0.717. The largest absolute Gasteiger partial charge is 0.338 e. The van der Waals surface area contributed by atoms with Crippen LogP contribution >= 0.6 is 12.4 Å². The van der Waals surface area contributed by atoms with Crippen LogP contribution in [0, 0.1) is 0 Å². The lowest BCUT2D eigenvalue weighted by Gasteiger charge is -2.21. The molecule has 1 N–H and O–H groups in total. The Morgan fingerprint density at radius 3 is 2.38 bits per heavy atom. The van der Waals surface area contributed by atoms with Crippen molar-refractivity contribution in [2.45, 2.75) is 18.9 Å². The normalized spacial score (nSPS) is 15.4. The van der Waals surface area contributed by atoms with Gasteiger partial charge in [0.15, 0.2) is 0 Å². The zero-order chi connectivity index (χ0) is 11.5. The molecule has 1 aliphatic carbocycles. The second-order valence-electron chi connectivity index (χ2n) is 3.98. The van der Waals surface area contributed by atoms with Gasteiger partial charge in [-0.25, -0.2) is 8.42 Å². The monoisotopic (exact) mass is 270 g/mol. The van der Waals surface area contributed by atoms with Crippen LogP contribution in [0.3, 0.4) is 0 Å². The molecule has 1 saturated carbocycles. The van der Waals surface area contributed by atoms with E-state index in [1.807, 2.05) is 0 Å². The van der Waals surface area contributed by atoms with E-state index in [2.05, 4.69) is 5.32 Å². The standard InChI is InChI=1S/C9H18N2O3S.ClH/c1-10-7-9(12)11(8-3-4-8)5-6-15(2,13)14;/h8,10H,3-7H2,1-2H3;1H. The summed E-state index contributed by atoms with van der Waals surface area (Å²) in [6, 6.07) is 0.271. The van der Waals surface area contributed by atoms with E-state index in [-0.39, 0.29) is 36.7 Å². The molecule has 1 fully saturated rings. The molecule has 0 aliphatic heterocycles. The number of carbonyl (C=O) groups excluding carboxylic acids is 1. The Morgan fingerprint density at radius 2 is 2.00 bits per heavy atom. The van der Waals surface area contributed by atoms with Crippen LogP contribution in [0.4, 0.5) is 0 Å². The Hall–Kier alpha value is -0.330. The Labute approximate surface area is 103 Å². The molecule has 0 aromatic carbocycles. The third-order valence-corrected chi connectivity index (χ3v) is 3.26. The van der Waals surface area contributed by atoms with E-state index in [1.165, 1.54) is 6.26 Å². The first-order valence-corrected chi connectivity index (χ1v) is 7.12. The molecule has 0 heterocycles. The molecule has 1 rings (SSSR count). The van der Waals surface area contributed by atoms with E-state index in [4.69, 9.17) is 0 Å². The number of sulfone groups is 1. The minimum absolute atomic E-state index is 0. The van der Waals surface area contributed by atoms with Crippen molar-refractivity contribution in [1.29, 1.82) is 0 Å². The molecule has 0 bridgehead atoms. The van der Waals surface area contributed by atoms with Crippen molar-refractivity contribution < 1.29 is 13.2 Å². The summed E-state index contributed by atoms with van der Waals surface area (Å²) in [5.41, 5.74) is 0. The van der Waals surface area contributed by atoms with E-state index in [0.29, 0.717) is 6.54 Å². The van der Waals surface area contributed by atoms with E-state index < -0.39 is 9.84 Å². The summed E-state index contributed by atoms with van der Waals surface area (Å²) in [5, 5.41) is 2.79. The van der Waals surface area contributed by atoms with Gasteiger partial charge in [-0.1, -0.05) is 0 Å². The van der Waals surface area contributed by atoms with Crippen molar-refractivity contribution in [3.05, 3.63) is 0 Å². The average Bonchev–Trinajstić information content (AvgIpc) is 2.86. The van der Waals surface area contributed by atoms with Crippen molar-refractivity contribution in [2.75, 3.05) is 32.1 Å². The van der Waals surface area contributed by atoms with E-state index in [9.17, 15) is 13.2 Å². The lowest BCUT2D eigenvalue weighted by atomic mass is 10.4. The SMILES string of the molecule is CNCC(=O)N(CCS(C)(=O)=O)C1CC1.Cl. The smallest absolute Gasteiger partial charge is 0.236 e. The van der Waals surface area contributed by atoms with Gasteiger partial charge in [0.05, 0.1) is 12.3 Å². The van der Waals surface area contributed by atoms with Crippen LogP contribution in [-0.2, 0) is 14.6 Å². The molecule has 0 radical (unpaired) electrons. The summed E-state index contributed by atoms with van der Waals surface area (Å²) in [7, 11) is -1.28. The number of amides is 1. The molecule has 96 valence electrons. The van der Waals surface area contributed by atoms with Gasteiger partial charge >= 0.3 is 0 Å². The van der Waals surface area contributed by atoms with Gasteiger partial charge in [-0.3, -0.25) is 4.79 Å². The van der Waals surface area contributed by atoms with E-state index >= 15 is 0 Å². The minimum atomic E-state index is -2.99. The number of carbonyl (C=O) groups is 1. The second kappa shape index (κ2) is 6.42. The van der Waals surface area contributed by atoms with Crippen LogP contribution in [0.2, 0.25) is 0 Å². The van der Waals surface area contributed by atoms with Gasteiger partial charge in [0, 0.05) is 18.8 Å². The molecule has 0 saturated heterocycles. The van der Waals surface area contributed by atoms with Gasteiger partial charge in [0.25, 0.3) is 0 Å². The van der Waals surface area contributed by atoms with Gasteiger partial charge in [-0.05, 0) is 19.9 Å². The summed E-state index contributed by atoms with van der Waals surface area (Å²) >= 11 is 0. The van der Waals surface area contributed by atoms with Gasteiger partial charge < -0.3 is 10.2 Å². The third-order valence-electron chi connectivity index (χ3n) is 2.34. The molecule has 0 spiro atoms. The number of nitrogens with one attached hydrogen (secondary N) is 1. The zero-order valence-electron chi connectivity index (χ0n) is 9.60. The summed E-state index contributed by atoms with van der Waals surface area (Å²) in [5.74, 6) is 0.0440. The van der Waals surface area contributed by atoms with Crippen molar-refractivity contribution in [3.8, 4) is 0 Å². The van der Waals surface area contributed by atoms with Crippen LogP contribution < -0.4 is 5.32 Å². The summed E-state index contributed by atoms with van der Waals surface area (Å²) in [4.78, 5) is 13.3. The Morgan fingerprint density at radius 1 is 1.44 bits per heavy atom. The van der Waals surface area contributed by atoms with Gasteiger partial charge in [0.2, 0.25) is 5.91 Å². The van der Waals surface area contributed by atoms with Crippen molar-refractivity contribution in [1.82, 2.24) is 10.2 Å². The molecular formula is C9H19ClN2O3S. The molecule has 5 nitrogen and oxygen atoms in total. The Bertz CT molecular complexity index is 328. The number of likely N-dealkylation sites (N-methyl/N-ethyl adjacent to an activating group) is 1. The van der Waals surface area contributed by atoms with Gasteiger partial charge in [-0.15, -0.1) is 12.4 Å². The summed E-state index contributed by atoms with van der Waals surface area (Å²) in [6.45, 7) is 0.601. The molecule has 0 unspecified atom stereocenters. The fourth-order valence-corrected chi connectivity index (χ4v) is 1.94. The lowest BCUT2D eigenvalue weighted by molar-refractivity contribution is -0.130. The highest BCUT2D eigenvalue weighted by Gasteiger charge is 2.32. The third kappa shape index (κ3) is 5.67. The van der Waals surface area contributed by atoms with Crippen LogP contribution in [0.5, 0.6) is 0 Å². The second-order valence-corrected chi connectivity index (χ2v) is 6.24. The molecule has 0 aromatic heterocycles. The van der Waals surface area contributed by atoms with E-state index in [1.54, 1.807) is 11.9 Å². The topological polar surface area (TPSA) is 66.5 Å². The highest BCUT2D eigenvalue weighted by atomic mass is 35.5. The first-order chi connectivity index (χ1) is 6.94. The average molecular weight is 271 g/mol. The predicted octanol–water partition coefficient (Wildman–Crippen LogP) is -0.337. The molecule has 7 heteroatoms. The maximum Gasteiger partial charge on any atom is 0.236 e. The molecule has 16 heavy (non-hydrogen) atoms. The summed E-state index contributed by atoms with van der Waals surface area (Å²) in [6.07, 6.45) is 3.19. The first-order valence-electron chi connectivity index (χ1n) is 5.06. The number of hydrogen-bond donors (Lipinski definition) is 1. The predicted molar refractivity (Wildman–Crippen MR) is 65.6 cm³/mol. The molecule has 0 aromatic rings. The van der Waals surface area contributed by atoms with Crippen LogP contribution in [0.25, 0.3) is 0 Å². The van der Waals surface area contributed by atoms with Crippen molar-refractivity contribution in [3.63, 3.8) is 0 Å². The number of rotatable bonds is 6. The zero-order valence-corrected chi connectivity index (χ0v) is 11.2. The van der Waals surface area contributed by atoms with Crippen LogP contribution in [0.15, 0.2) is 0 Å². The highest BCUT2D eigenvalue weighted by molar-refractivity contribution is 7.90. The highest BCUT2D eigenvalue weighted by Crippen LogP contribution is 2.26. The Kier molecular flexibility index (Phi) is 6.28. The number of halogens is 1. The van der Waals surface area contributed by atoms with Crippen LogP contribution in [0.1, 0.15) is 12.8 Å². The van der Waals surface area contributed by atoms with Crippen molar-refractivity contribution >= 4 is 28.2 Å². The molecule has 0 atom stereocenters. The fourth-order valence-electron chi connectivity index (χ4n) is 1.41. The summed E-state index contributed by atoms with van der Waals surface area (Å²) < 4.78 is 22.0. The Balaban J connectivity index is 0.00000225. The number of nitrogens with zero attached hydrogens (tertiary/aromatic N) is 1. The fraction of sp³-hybridized carbons (Fsp3) is 0.889. The molecule has 1 aliphatic rings. The van der Waals surface area contributed by atoms with Gasteiger partial charge in [0.1, 0.15) is 9.84 Å². The maximum absolute atomic E-state index is 11.6.